The highest BCUT2D eigenvalue weighted by Gasteiger charge is 2.29. The molecule has 3 atom stereocenters. The van der Waals surface area contributed by atoms with E-state index in [1.165, 1.54) is 11.1 Å². The van der Waals surface area contributed by atoms with Gasteiger partial charge in [0.05, 0.1) is 51.4 Å². The Bertz CT molecular complexity index is 1290. The van der Waals surface area contributed by atoms with Gasteiger partial charge in [0.2, 0.25) is 0 Å². The standard InChI is InChI=1S/C36H48N2O6/c1-27(29-12-15-35-33(24-29)38(19-23-43-35)18-6-20-39-2)44-36-25-37-17-16-32(36)28-10-13-31(14-11-28)42-22-7-21-41-26-30-8-4-5-9-34(30)40-3/h4-5,8-15,24,27,32,36-37H,6-7,16-23,25-26H2,1-3H3/t27-,32+,36-/m0/s1. The molecule has 1 saturated heterocycles. The lowest BCUT2D eigenvalue weighted by Gasteiger charge is -2.35. The topological polar surface area (TPSA) is 70.7 Å². The first-order chi connectivity index (χ1) is 21.7. The molecule has 2 aliphatic rings. The summed E-state index contributed by atoms with van der Waals surface area (Å²) in [5, 5.41) is 3.54. The molecule has 2 aliphatic heterocycles. The smallest absolute Gasteiger partial charge is 0.142 e. The molecule has 0 bridgehead atoms. The Kier molecular flexibility index (Phi) is 12.2. The molecule has 0 saturated carbocycles. The summed E-state index contributed by atoms with van der Waals surface area (Å²) < 4.78 is 35.2. The van der Waals surface area contributed by atoms with Crippen molar-refractivity contribution in [2.24, 2.45) is 0 Å². The van der Waals surface area contributed by atoms with Gasteiger partial charge in [-0.2, -0.15) is 0 Å². The molecular formula is C36H48N2O6. The van der Waals surface area contributed by atoms with Gasteiger partial charge in [-0.3, -0.25) is 0 Å². The monoisotopic (exact) mass is 604 g/mol. The van der Waals surface area contributed by atoms with E-state index in [0.29, 0.717) is 32.3 Å². The Labute approximate surface area is 262 Å². The second kappa shape index (κ2) is 16.7. The van der Waals surface area contributed by atoms with Crippen LogP contribution in [-0.4, -0.2) is 72.9 Å². The van der Waals surface area contributed by atoms with Crippen LogP contribution in [0.15, 0.2) is 66.7 Å². The average Bonchev–Trinajstić information content (AvgIpc) is 3.07. The fourth-order valence-electron chi connectivity index (χ4n) is 6.04. The van der Waals surface area contributed by atoms with Crippen LogP contribution in [0.4, 0.5) is 5.69 Å². The molecular weight excluding hydrogens is 556 g/mol. The summed E-state index contributed by atoms with van der Waals surface area (Å²) in [6.07, 6.45) is 2.88. The Morgan fingerprint density at radius 2 is 1.84 bits per heavy atom. The summed E-state index contributed by atoms with van der Waals surface area (Å²) in [5.41, 5.74) is 4.67. The summed E-state index contributed by atoms with van der Waals surface area (Å²) >= 11 is 0. The Morgan fingerprint density at radius 1 is 0.977 bits per heavy atom. The van der Waals surface area contributed by atoms with Gasteiger partial charge in [0.1, 0.15) is 23.9 Å². The van der Waals surface area contributed by atoms with Gasteiger partial charge >= 0.3 is 0 Å². The largest absolute Gasteiger partial charge is 0.496 e. The van der Waals surface area contributed by atoms with Crippen molar-refractivity contribution in [3.05, 3.63) is 83.4 Å². The van der Waals surface area contributed by atoms with Crippen molar-refractivity contribution in [3.8, 4) is 17.2 Å². The molecule has 1 N–H and O–H groups in total. The van der Waals surface area contributed by atoms with Crippen molar-refractivity contribution in [1.29, 1.82) is 0 Å². The van der Waals surface area contributed by atoms with E-state index in [4.69, 9.17) is 28.4 Å². The number of nitrogens with zero attached hydrogens (tertiary/aromatic N) is 1. The molecule has 0 radical (unpaired) electrons. The second-order valence-electron chi connectivity index (χ2n) is 11.5. The van der Waals surface area contributed by atoms with Crippen molar-refractivity contribution in [3.63, 3.8) is 0 Å². The molecule has 3 aromatic carbocycles. The lowest BCUT2D eigenvalue weighted by atomic mass is 9.87. The SMILES string of the molecule is COCCCN1CCOc2ccc([C@H](C)O[C@H]3CNCC[C@@H]3c3ccc(OCCCOCc4ccccc4OC)cc3)cc21. The zero-order chi connectivity index (χ0) is 30.6. The molecule has 0 aromatic heterocycles. The maximum Gasteiger partial charge on any atom is 0.142 e. The minimum absolute atomic E-state index is 0.0387. The molecule has 8 nitrogen and oxygen atoms in total. The van der Waals surface area contributed by atoms with E-state index in [1.54, 1.807) is 14.2 Å². The maximum absolute atomic E-state index is 6.75. The van der Waals surface area contributed by atoms with Crippen molar-refractivity contribution < 1.29 is 28.4 Å². The summed E-state index contributed by atoms with van der Waals surface area (Å²) in [5.74, 6) is 3.01. The predicted octanol–water partition coefficient (Wildman–Crippen LogP) is 6.14. The molecule has 0 amide bonds. The highest BCUT2D eigenvalue weighted by atomic mass is 16.5. The molecule has 0 unspecified atom stereocenters. The minimum Gasteiger partial charge on any atom is -0.496 e. The molecule has 44 heavy (non-hydrogen) atoms. The van der Waals surface area contributed by atoms with Crippen LogP contribution in [0.1, 0.15) is 54.9 Å². The predicted molar refractivity (Wildman–Crippen MR) is 173 cm³/mol. The summed E-state index contributed by atoms with van der Waals surface area (Å²) in [6, 6.07) is 23.0. The highest BCUT2D eigenvalue weighted by Crippen LogP contribution is 2.37. The number of hydrogen-bond acceptors (Lipinski definition) is 8. The molecule has 0 aliphatic carbocycles. The molecule has 5 rings (SSSR count). The zero-order valence-corrected chi connectivity index (χ0v) is 26.5. The van der Waals surface area contributed by atoms with E-state index in [9.17, 15) is 0 Å². The fraction of sp³-hybridized carbons (Fsp3) is 0.500. The van der Waals surface area contributed by atoms with Gasteiger partial charge in [0, 0.05) is 44.7 Å². The van der Waals surface area contributed by atoms with E-state index in [0.717, 1.165) is 80.5 Å². The maximum atomic E-state index is 6.75. The molecule has 0 spiro atoms. The van der Waals surface area contributed by atoms with Gasteiger partial charge in [-0.15, -0.1) is 0 Å². The third kappa shape index (κ3) is 8.66. The molecule has 2 heterocycles. The van der Waals surface area contributed by atoms with Crippen molar-refractivity contribution >= 4 is 5.69 Å². The van der Waals surface area contributed by atoms with Gasteiger partial charge in [-0.05, 0) is 67.8 Å². The summed E-state index contributed by atoms with van der Waals surface area (Å²) in [6.45, 7) is 9.06. The lowest BCUT2D eigenvalue weighted by molar-refractivity contribution is -0.0272. The van der Waals surface area contributed by atoms with Gasteiger partial charge in [-0.25, -0.2) is 0 Å². The number of para-hydroxylation sites is 1. The summed E-state index contributed by atoms with van der Waals surface area (Å²) in [7, 11) is 3.44. The van der Waals surface area contributed by atoms with Gasteiger partial charge < -0.3 is 38.6 Å². The number of rotatable bonds is 16. The Balaban J connectivity index is 1.11. The van der Waals surface area contributed by atoms with Gasteiger partial charge in [-0.1, -0.05) is 36.4 Å². The number of benzene rings is 3. The van der Waals surface area contributed by atoms with Crippen LogP contribution >= 0.6 is 0 Å². The highest BCUT2D eigenvalue weighted by molar-refractivity contribution is 5.61. The number of fused-ring (bicyclic) bond motifs is 1. The number of piperidine rings is 1. The van der Waals surface area contributed by atoms with E-state index in [2.05, 4.69) is 59.6 Å². The average molecular weight is 605 g/mol. The van der Waals surface area contributed by atoms with Gasteiger partial charge in [0.25, 0.3) is 0 Å². The van der Waals surface area contributed by atoms with Crippen molar-refractivity contribution in [2.75, 3.05) is 71.7 Å². The second-order valence-corrected chi connectivity index (χ2v) is 11.5. The quantitative estimate of drug-likeness (QED) is 0.196. The number of anilines is 1. The van der Waals surface area contributed by atoms with Crippen LogP contribution in [0.3, 0.4) is 0 Å². The first-order valence-electron chi connectivity index (χ1n) is 16.0. The zero-order valence-electron chi connectivity index (χ0n) is 26.5. The van der Waals surface area contributed by atoms with Crippen LogP contribution in [-0.2, 0) is 20.8 Å². The number of ether oxygens (including phenoxy) is 6. The van der Waals surface area contributed by atoms with Crippen LogP contribution in [0.2, 0.25) is 0 Å². The van der Waals surface area contributed by atoms with E-state index in [-0.39, 0.29) is 12.2 Å². The third-order valence-electron chi connectivity index (χ3n) is 8.45. The first-order valence-corrected chi connectivity index (χ1v) is 16.0. The minimum atomic E-state index is -0.0387. The van der Waals surface area contributed by atoms with Crippen molar-refractivity contribution in [1.82, 2.24) is 5.32 Å². The molecule has 1 fully saturated rings. The fourth-order valence-corrected chi connectivity index (χ4v) is 6.04. The van der Waals surface area contributed by atoms with E-state index >= 15 is 0 Å². The Hall–Kier alpha value is -3.30. The van der Waals surface area contributed by atoms with Gasteiger partial charge in [0.15, 0.2) is 0 Å². The number of hydrogen-bond donors (Lipinski definition) is 1. The van der Waals surface area contributed by atoms with E-state index in [1.807, 2.05) is 24.3 Å². The first kappa shape index (κ1) is 32.1. The number of nitrogens with one attached hydrogen (secondary N) is 1. The van der Waals surface area contributed by atoms with Crippen LogP contribution in [0, 0.1) is 0 Å². The molecule has 3 aromatic rings. The van der Waals surface area contributed by atoms with Crippen LogP contribution < -0.4 is 24.4 Å². The molecule has 8 heteroatoms. The Morgan fingerprint density at radius 3 is 2.68 bits per heavy atom. The number of methoxy groups -OCH3 is 2. The van der Waals surface area contributed by atoms with Crippen LogP contribution in [0.25, 0.3) is 0 Å². The lowest BCUT2D eigenvalue weighted by Crippen LogP contribution is -2.41. The van der Waals surface area contributed by atoms with Crippen molar-refractivity contribution in [2.45, 2.75) is 50.9 Å². The van der Waals surface area contributed by atoms with Crippen LogP contribution in [0.5, 0.6) is 17.2 Å². The normalized spacial score (nSPS) is 18.8. The molecule has 238 valence electrons. The third-order valence-corrected chi connectivity index (χ3v) is 8.45. The van der Waals surface area contributed by atoms with E-state index < -0.39 is 0 Å². The summed E-state index contributed by atoms with van der Waals surface area (Å²) in [4.78, 5) is 2.40.